The van der Waals surface area contributed by atoms with Gasteiger partial charge in [-0.15, -0.1) is 0 Å². The molecule has 2 heterocycles. The molecule has 1 aromatic rings. The summed E-state index contributed by atoms with van der Waals surface area (Å²) in [5.41, 5.74) is 1.55. The molecule has 1 aromatic heterocycles. The Morgan fingerprint density at radius 1 is 1.33 bits per heavy atom. The Bertz CT molecular complexity index is 526. The van der Waals surface area contributed by atoms with E-state index < -0.39 is 0 Å². The van der Waals surface area contributed by atoms with E-state index in [4.69, 9.17) is 12.2 Å². The van der Waals surface area contributed by atoms with Crippen LogP contribution in [0.4, 0.5) is 0 Å². The maximum Gasteiger partial charge on any atom is 0.273 e. The molecule has 3 rings (SSSR count). The second-order valence-electron chi connectivity index (χ2n) is 4.80. The normalized spacial score (nSPS) is 22.6. The Kier molecular flexibility index (Phi) is 2.91. The van der Waals surface area contributed by atoms with Crippen LogP contribution in [-0.2, 0) is 4.79 Å². The van der Waals surface area contributed by atoms with Crippen molar-refractivity contribution in [3.8, 4) is 0 Å². The molecule has 94 valence electrons. The van der Waals surface area contributed by atoms with Crippen molar-refractivity contribution < 1.29 is 4.79 Å². The molecule has 2 N–H and O–H groups in total. The number of aromatic nitrogens is 1. The predicted octanol–water partition coefficient (Wildman–Crippen LogP) is 1.95. The zero-order valence-corrected chi connectivity index (χ0v) is 10.8. The van der Waals surface area contributed by atoms with Crippen LogP contribution in [0.3, 0.4) is 0 Å². The topological polar surface area (TPSA) is 46.1 Å². The smallest absolute Gasteiger partial charge is 0.273 e. The minimum atomic E-state index is -0.159. The molecule has 0 radical (unpaired) electrons. The first-order chi connectivity index (χ1) is 8.72. The molecule has 1 aliphatic heterocycles. The summed E-state index contributed by atoms with van der Waals surface area (Å²) in [4.78, 5) is 11.5. The van der Waals surface area contributed by atoms with E-state index in [0.717, 1.165) is 5.56 Å². The summed E-state index contributed by atoms with van der Waals surface area (Å²) in [5, 5.41) is 5.79. The van der Waals surface area contributed by atoms with Gasteiger partial charge in [-0.05, 0) is 42.8 Å². The van der Waals surface area contributed by atoms with Gasteiger partial charge in [-0.2, -0.15) is 0 Å². The lowest BCUT2D eigenvalue weighted by molar-refractivity contribution is -0.115. The first kappa shape index (κ1) is 11.5. The summed E-state index contributed by atoms with van der Waals surface area (Å²) in [6, 6.07) is 2.66. The molecule has 2 fully saturated rings. The molecule has 1 saturated heterocycles. The van der Waals surface area contributed by atoms with E-state index in [-0.39, 0.29) is 5.91 Å². The van der Waals surface area contributed by atoms with Gasteiger partial charge in [0.25, 0.3) is 5.91 Å². The van der Waals surface area contributed by atoms with E-state index >= 15 is 0 Å². The van der Waals surface area contributed by atoms with Gasteiger partial charge in [-0.3, -0.25) is 10.1 Å². The lowest BCUT2D eigenvalue weighted by Crippen LogP contribution is -2.21. The summed E-state index contributed by atoms with van der Waals surface area (Å²) in [6.45, 7) is 0. The Morgan fingerprint density at radius 3 is 2.78 bits per heavy atom. The average Bonchev–Trinajstić information content (AvgIpc) is 3.02. The van der Waals surface area contributed by atoms with Crippen molar-refractivity contribution in [3.05, 3.63) is 29.7 Å². The highest BCUT2D eigenvalue weighted by molar-refractivity contribution is 7.80. The van der Waals surface area contributed by atoms with E-state index in [1.165, 1.54) is 25.7 Å². The Hall–Kier alpha value is -1.62. The highest BCUT2D eigenvalue weighted by atomic mass is 32.1. The number of thiocarbonyl (C=S) groups is 1. The molecule has 4 nitrogen and oxygen atoms in total. The van der Waals surface area contributed by atoms with E-state index in [1.807, 2.05) is 12.1 Å². The van der Waals surface area contributed by atoms with Crippen LogP contribution in [0.5, 0.6) is 0 Å². The van der Waals surface area contributed by atoms with Crippen molar-refractivity contribution in [2.45, 2.75) is 31.7 Å². The maximum absolute atomic E-state index is 11.5. The molecule has 0 aromatic carbocycles. The molecule has 1 saturated carbocycles. The molecule has 1 aliphatic carbocycles. The van der Waals surface area contributed by atoms with E-state index in [1.54, 1.807) is 0 Å². The van der Waals surface area contributed by atoms with Crippen molar-refractivity contribution >= 4 is 29.3 Å². The van der Waals surface area contributed by atoms with Crippen LogP contribution in [-0.4, -0.2) is 15.6 Å². The van der Waals surface area contributed by atoms with E-state index in [2.05, 4.69) is 27.6 Å². The second kappa shape index (κ2) is 4.57. The van der Waals surface area contributed by atoms with Gasteiger partial charge in [0.1, 0.15) is 5.70 Å². The van der Waals surface area contributed by atoms with Crippen molar-refractivity contribution in [1.82, 2.24) is 15.2 Å². The van der Waals surface area contributed by atoms with Gasteiger partial charge < -0.3 is 9.88 Å². The van der Waals surface area contributed by atoms with Gasteiger partial charge in [0.2, 0.25) is 0 Å². The summed E-state index contributed by atoms with van der Waals surface area (Å²) in [7, 11) is 0. The molecular weight excluding hydrogens is 246 g/mol. The van der Waals surface area contributed by atoms with Gasteiger partial charge in [-0.1, -0.05) is 12.8 Å². The minimum absolute atomic E-state index is 0.159. The molecule has 18 heavy (non-hydrogen) atoms. The lowest BCUT2D eigenvalue weighted by atomic mass is 10.2. The third kappa shape index (κ3) is 2.18. The van der Waals surface area contributed by atoms with Crippen LogP contribution in [0.2, 0.25) is 0 Å². The summed E-state index contributed by atoms with van der Waals surface area (Å²) >= 11 is 4.89. The van der Waals surface area contributed by atoms with Crippen LogP contribution >= 0.6 is 12.2 Å². The number of carbonyl (C=O) groups is 1. The lowest BCUT2D eigenvalue weighted by Gasteiger charge is -2.10. The zero-order chi connectivity index (χ0) is 12.5. The number of rotatable bonds is 2. The predicted molar refractivity (Wildman–Crippen MR) is 73.8 cm³/mol. The highest BCUT2D eigenvalue weighted by Gasteiger charge is 2.20. The number of nitrogens with one attached hydrogen (secondary N) is 2. The summed E-state index contributed by atoms with van der Waals surface area (Å²) < 4.78 is 2.25. The Labute approximate surface area is 111 Å². The highest BCUT2D eigenvalue weighted by Crippen LogP contribution is 2.29. The third-order valence-corrected chi connectivity index (χ3v) is 3.72. The summed E-state index contributed by atoms with van der Waals surface area (Å²) in [5.74, 6) is -0.159. The van der Waals surface area contributed by atoms with Crippen LogP contribution in [0, 0.1) is 0 Å². The molecule has 1 amide bonds. The van der Waals surface area contributed by atoms with Crippen molar-refractivity contribution in [1.29, 1.82) is 0 Å². The van der Waals surface area contributed by atoms with Crippen molar-refractivity contribution in [2.24, 2.45) is 0 Å². The molecule has 0 spiro atoms. The van der Waals surface area contributed by atoms with Crippen molar-refractivity contribution in [3.63, 3.8) is 0 Å². The fraction of sp³-hybridized carbons (Fsp3) is 0.385. The van der Waals surface area contributed by atoms with Gasteiger partial charge in [-0.25, -0.2) is 0 Å². The number of hydrogen-bond donors (Lipinski definition) is 2. The standard InChI is InChI=1S/C13H15N3OS/c17-12-11(14-13(18)15-12)7-9-5-6-16(8-9)10-3-1-2-4-10/h5-8,10H,1-4H2,(H2,14,15,17,18)/b11-7-. The third-order valence-electron chi connectivity index (χ3n) is 3.51. The fourth-order valence-electron chi connectivity index (χ4n) is 2.59. The second-order valence-corrected chi connectivity index (χ2v) is 5.20. The quantitative estimate of drug-likeness (QED) is 0.632. The van der Waals surface area contributed by atoms with Crippen LogP contribution in [0.15, 0.2) is 24.2 Å². The van der Waals surface area contributed by atoms with Crippen LogP contribution < -0.4 is 10.6 Å². The minimum Gasteiger partial charge on any atom is -0.351 e. The number of hydrogen-bond acceptors (Lipinski definition) is 2. The number of nitrogens with zero attached hydrogens (tertiary/aromatic N) is 1. The van der Waals surface area contributed by atoms with Gasteiger partial charge in [0, 0.05) is 18.4 Å². The number of amides is 1. The first-order valence-electron chi connectivity index (χ1n) is 6.24. The van der Waals surface area contributed by atoms with Gasteiger partial charge >= 0.3 is 0 Å². The largest absolute Gasteiger partial charge is 0.351 e. The molecule has 0 atom stereocenters. The SMILES string of the molecule is O=C1NC(=S)N/C1=C\c1ccn(C2CCCC2)c1. The van der Waals surface area contributed by atoms with E-state index in [0.29, 0.717) is 16.9 Å². The van der Waals surface area contributed by atoms with Crippen LogP contribution in [0.25, 0.3) is 6.08 Å². The zero-order valence-electron chi connectivity index (χ0n) is 9.98. The fourth-order valence-corrected chi connectivity index (χ4v) is 2.80. The molecule has 5 heteroatoms. The van der Waals surface area contributed by atoms with Crippen LogP contribution in [0.1, 0.15) is 37.3 Å². The van der Waals surface area contributed by atoms with Gasteiger partial charge in [0.05, 0.1) is 0 Å². The monoisotopic (exact) mass is 261 g/mol. The summed E-state index contributed by atoms with van der Waals surface area (Å²) in [6.07, 6.45) is 11.2. The molecule has 0 bridgehead atoms. The Balaban J connectivity index is 1.79. The Morgan fingerprint density at radius 2 is 2.11 bits per heavy atom. The molecular formula is C13H15N3OS. The molecule has 0 unspecified atom stereocenters. The van der Waals surface area contributed by atoms with Gasteiger partial charge in [0.15, 0.2) is 5.11 Å². The first-order valence-corrected chi connectivity index (χ1v) is 6.65. The van der Waals surface area contributed by atoms with E-state index in [9.17, 15) is 4.79 Å². The average molecular weight is 261 g/mol. The number of carbonyl (C=O) groups excluding carboxylic acids is 1. The van der Waals surface area contributed by atoms with Crippen molar-refractivity contribution in [2.75, 3.05) is 0 Å². The molecule has 2 aliphatic rings. The maximum atomic E-state index is 11.5.